The molecule has 0 aliphatic carbocycles. The Morgan fingerprint density at radius 2 is 0.837 bits per heavy atom. The lowest BCUT2D eigenvalue weighted by Crippen LogP contribution is -2.61. The number of aliphatic hydroxyl groups is 5. The van der Waals surface area contributed by atoms with Crippen LogP contribution in [0.5, 0.6) is 0 Å². The maximum absolute atomic E-state index is 13.5. The molecule has 1 aliphatic rings. The second-order valence-electron chi connectivity index (χ2n) is 24.6. The van der Waals surface area contributed by atoms with Crippen LogP contribution in [-0.4, -0.2) is 99.6 Å². The van der Waals surface area contributed by atoms with Crippen LogP contribution in [0.1, 0.15) is 316 Å². The number of amides is 1. The molecule has 1 saturated heterocycles. The number of hydrogen-bond donors (Lipinski definition) is 6. The third kappa shape index (κ3) is 48.7. The van der Waals surface area contributed by atoms with Gasteiger partial charge in [0.25, 0.3) is 0 Å². The summed E-state index contributed by atoms with van der Waals surface area (Å²) >= 11 is 0. The van der Waals surface area contributed by atoms with Crippen LogP contribution in [0, 0.1) is 0 Å². The highest BCUT2D eigenvalue weighted by molar-refractivity contribution is 5.80. The molecule has 0 spiro atoms. The smallest absolute Gasteiger partial charge is 0.306 e. The highest BCUT2D eigenvalue weighted by atomic mass is 16.7. The lowest BCUT2D eigenvalue weighted by molar-refractivity contribution is -0.305. The fraction of sp³-hybridized carbons (Fsp3) is 0.787. The topological polar surface area (TPSA) is 175 Å². The molecule has 11 nitrogen and oxygen atoms in total. The second kappa shape index (κ2) is 62.1. The number of unbranched alkanes of at least 4 members (excludes halogenated alkanes) is 35. The van der Waals surface area contributed by atoms with E-state index in [1.54, 1.807) is 6.08 Å². The normalized spacial score (nSPS) is 18.8. The molecule has 8 unspecified atom stereocenters. The number of carbonyl (C=O) groups is 2. The number of ether oxygens (including phenoxy) is 3. The summed E-state index contributed by atoms with van der Waals surface area (Å²) in [6.45, 7) is 5.70. The van der Waals surface area contributed by atoms with E-state index in [1.165, 1.54) is 173 Å². The lowest BCUT2D eigenvalue weighted by Gasteiger charge is -2.41. The maximum atomic E-state index is 13.5. The van der Waals surface area contributed by atoms with E-state index >= 15 is 0 Å². The SMILES string of the molecule is CC/C=C\C/C=C\C/C=C\C/C=C\C/C=C\C/C=C\CCCCCC(O)C(=O)NC(COC1OC(CO)C(O)C(O)C1OC(=O)CCCCCCCCCCCCCCCCCCCCCCCCC)C(O)/C=C/CCCCCCCCCCCC. The Hall–Kier alpha value is -3.16. The molecule has 0 radical (unpaired) electrons. The second-order valence-corrected chi connectivity index (χ2v) is 24.6. The van der Waals surface area contributed by atoms with Gasteiger partial charge in [-0.1, -0.05) is 318 Å². The zero-order valence-electron chi connectivity index (χ0n) is 55.4. The molecule has 1 heterocycles. The zero-order valence-corrected chi connectivity index (χ0v) is 55.4. The highest BCUT2D eigenvalue weighted by Crippen LogP contribution is 2.26. The van der Waals surface area contributed by atoms with E-state index in [2.05, 4.69) is 99.0 Å². The molecule has 0 bridgehead atoms. The monoisotopic (exact) mass is 1210 g/mol. The number of esters is 1. The van der Waals surface area contributed by atoms with Crippen molar-refractivity contribution in [1.82, 2.24) is 5.32 Å². The standard InChI is InChI=1S/C75H133NO10/c1-4-7-10-13-16-19-22-25-27-29-31-33-35-37-39-41-43-45-48-51-54-57-60-63-70(80)86-73-72(82)71(81)69(64-77)85-75(73)84-65-66(67(78)61-58-55-52-49-46-24-21-18-15-12-9-6-3)76-74(83)68(79)62-59-56-53-50-47-44-42-40-38-36-34-32-30-28-26-23-20-17-14-11-8-5-2/h8,11,17,20,26,28,32,34,38,40,44,47,58,61,66-69,71-73,75,77-79,81-82H,4-7,9-10,12-16,18-19,21-25,27,29-31,33,35-37,39,41-43,45-46,48-57,59-60,62-65H2,1-3H3,(H,76,83)/b11-8-,20-17-,28-26-,34-32-,40-38-,47-44-,61-58+. The van der Waals surface area contributed by atoms with Crippen molar-refractivity contribution in [3.8, 4) is 0 Å². The van der Waals surface area contributed by atoms with E-state index in [0.717, 1.165) is 96.3 Å². The molecule has 498 valence electrons. The molecule has 1 rings (SSSR count). The van der Waals surface area contributed by atoms with E-state index in [1.807, 2.05) is 6.08 Å². The van der Waals surface area contributed by atoms with Crippen LogP contribution < -0.4 is 5.32 Å². The molecule has 0 aromatic carbocycles. The summed E-state index contributed by atoms with van der Waals surface area (Å²) in [5.41, 5.74) is 0. The molecular weight excluding hydrogens is 1070 g/mol. The summed E-state index contributed by atoms with van der Waals surface area (Å²) in [4.78, 5) is 26.7. The van der Waals surface area contributed by atoms with E-state index in [4.69, 9.17) is 14.2 Å². The summed E-state index contributed by atoms with van der Waals surface area (Å²) in [6.07, 6.45) is 72.0. The third-order valence-corrected chi connectivity index (χ3v) is 16.6. The summed E-state index contributed by atoms with van der Waals surface area (Å²) in [5.74, 6) is -1.21. The van der Waals surface area contributed by atoms with Crippen molar-refractivity contribution in [1.29, 1.82) is 0 Å². The van der Waals surface area contributed by atoms with Crippen LogP contribution in [0.15, 0.2) is 85.1 Å². The Bertz CT molecular complexity index is 1720. The third-order valence-electron chi connectivity index (χ3n) is 16.6. The van der Waals surface area contributed by atoms with Gasteiger partial charge in [0.1, 0.15) is 24.4 Å². The molecule has 1 aliphatic heterocycles. The van der Waals surface area contributed by atoms with Gasteiger partial charge >= 0.3 is 5.97 Å². The number of allylic oxidation sites excluding steroid dienone is 13. The van der Waals surface area contributed by atoms with Gasteiger partial charge in [-0.25, -0.2) is 0 Å². The largest absolute Gasteiger partial charge is 0.454 e. The van der Waals surface area contributed by atoms with E-state index in [0.29, 0.717) is 12.8 Å². The number of rotatable bonds is 61. The van der Waals surface area contributed by atoms with Crippen LogP contribution >= 0.6 is 0 Å². The van der Waals surface area contributed by atoms with Gasteiger partial charge in [-0.3, -0.25) is 9.59 Å². The predicted molar refractivity (Wildman–Crippen MR) is 361 cm³/mol. The fourth-order valence-corrected chi connectivity index (χ4v) is 11.0. The summed E-state index contributed by atoms with van der Waals surface area (Å²) in [5, 5.41) is 57.2. The molecule has 86 heavy (non-hydrogen) atoms. The van der Waals surface area contributed by atoms with Gasteiger partial charge in [0.2, 0.25) is 5.91 Å². The summed E-state index contributed by atoms with van der Waals surface area (Å²) in [7, 11) is 0. The van der Waals surface area contributed by atoms with Gasteiger partial charge in [0, 0.05) is 6.42 Å². The van der Waals surface area contributed by atoms with Crippen LogP contribution in [0.2, 0.25) is 0 Å². The number of carbonyl (C=O) groups excluding carboxylic acids is 2. The molecule has 1 amide bonds. The van der Waals surface area contributed by atoms with Crippen molar-refractivity contribution in [3.63, 3.8) is 0 Å². The predicted octanol–water partition coefficient (Wildman–Crippen LogP) is 18.5. The van der Waals surface area contributed by atoms with Gasteiger partial charge in [-0.15, -0.1) is 0 Å². The molecule has 8 atom stereocenters. The Morgan fingerprint density at radius 1 is 0.465 bits per heavy atom. The van der Waals surface area contributed by atoms with Crippen LogP contribution in [0.25, 0.3) is 0 Å². The minimum absolute atomic E-state index is 0.121. The Kier molecular flexibility index (Phi) is 58.3. The molecule has 0 saturated carbocycles. The van der Waals surface area contributed by atoms with Crippen LogP contribution in [-0.2, 0) is 23.8 Å². The minimum atomic E-state index is -1.62. The Balaban J connectivity index is 2.60. The number of hydrogen-bond acceptors (Lipinski definition) is 10. The summed E-state index contributed by atoms with van der Waals surface area (Å²) < 4.78 is 17.7. The van der Waals surface area contributed by atoms with Gasteiger partial charge in [-0.2, -0.15) is 0 Å². The molecule has 0 aromatic rings. The van der Waals surface area contributed by atoms with Crippen LogP contribution in [0.3, 0.4) is 0 Å². The van der Waals surface area contributed by atoms with Crippen molar-refractivity contribution in [2.24, 2.45) is 0 Å². The number of nitrogens with one attached hydrogen (secondary N) is 1. The van der Waals surface area contributed by atoms with Crippen molar-refractivity contribution in [3.05, 3.63) is 85.1 Å². The van der Waals surface area contributed by atoms with E-state index < -0.39 is 67.4 Å². The molecular formula is C75H133NO10. The van der Waals surface area contributed by atoms with Gasteiger partial charge < -0.3 is 45.1 Å². The van der Waals surface area contributed by atoms with Gasteiger partial charge in [0.05, 0.1) is 25.4 Å². The van der Waals surface area contributed by atoms with Crippen LogP contribution in [0.4, 0.5) is 0 Å². The Morgan fingerprint density at radius 3 is 1.26 bits per heavy atom. The first-order chi connectivity index (χ1) is 42.2. The first-order valence-corrected chi connectivity index (χ1v) is 35.9. The maximum Gasteiger partial charge on any atom is 0.306 e. The molecule has 1 fully saturated rings. The average molecular weight is 1210 g/mol. The quantitative estimate of drug-likeness (QED) is 0.0195. The van der Waals surface area contributed by atoms with Gasteiger partial charge in [0.15, 0.2) is 12.4 Å². The molecule has 6 N–H and O–H groups in total. The molecule has 0 aromatic heterocycles. The lowest BCUT2D eigenvalue weighted by atomic mass is 9.99. The minimum Gasteiger partial charge on any atom is -0.454 e. The van der Waals surface area contributed by atoms with E-state index in [-0.39, 0.29) is 19.4 Å². The highest BCUT2D eigenvalue weighted by Gasteiger charge is 2.47. The summed E-state index contributed by atoms with van der Waals surface area (Å²) in [6, 6.07) is -1.04. The van der Waals surface area contributed by atoms with E-state index in [9.17, 15) is 35.1 Å². The first-order valence-electron chi connectivity index (χ1n) is 35.9. The fourth-order valence-electron chi connectivity index (χ4n) is 11.0. The Labute approximate surface area is 527 Å². The zero-order chi connectivity index (χ0) is 62.4. The van der Waals surface area contributed by atoms with Gasteiger partial charge in [-0.05, 0) is 77.0 Å². The molecule has 11 heteroatoms. The van der Waals surface area contributed by atoms with Crippen molar-refractivity contribution < 1.29 is 49.3 Å². The van der Waals surface area contributed by atoms with Crippen molar-refractivity contribution >= 4 is 11.9 Å². The average Bonchev–Trinajstić information content (AvgIpc) is 3.59. The number of aliphatic hydroxyl groups excluding tert-OH is 5. The van der Waals surface area contributed by atoms with Crippen molar-refractivity contribution in [2.75, 3.05) is 13.2 Å². The van der Waals surface area contributed by atoms with Crippen molar-refractivity contribution in [2.45, 2.75) is 365 Å². The first kappa shape index (κ1) is 80.9.